The number of nitrogens with zero attached hydrogens (tertiary/aromatic N) is 2. The molecule has 1 fully saturated rings. The van der Waals surface area contributed by atoms with Crippen LogP contribution in [0.25, 0.3) is 0 Å². The van der Waals surface area contributed by atoms with Gasteiger partial charge < -0.3 is 20.6 Å². The Balaban J connectivity index is 2.18. The topological polar surface area (TPSA) is 86.9 Å². The van der Waals surface area contributed by atoms with Crippen LogP contribution in [0.2, 0.25) is 0 Å². The van der Waals surface area contributed by atoms with Gasteiger partial charge in [0.15, 0.2) is 0 Å². The van der Waals surface area contributed by atoms with Crippen LogP contribution in [0.4, 0.5) is 11.4 Å². The van der Waals surface area contributed by atoms with Gasteiger partial charge in [-0.05, 0) is 25.1 Å². The fourth-order valence-electron chi connectivity index (χ4n) is 2.62. The zero-order valence-corrected chi connectivity index (χ0v) is 11.7. The molecule has 0 aromatic heterocycles. The van der Waals surface area contributed by atoms with Crippen molar-refractivity contribution in [2.75, 3.05) is 30.3 Å². The monoisotopic (exact) mass is 277 g/mol. The van der Waals surface area contributed by atoms with Crippen molar-refractivity contribution in [3.63, 3.8) is 0 Å². The maximum atomic E-state index is 11.5. The number of benzene rings is 1. The summed E-state index contributed by atoms with van der Waals surface area (Å²) in [6.07, 6.45) is 0. The molecule has 20 heavy (non-hydrogen) atoms. The van der Waals surface area contributed by atoms with Gasteiger partial charge in [0.1, 0.15) is 0 Å². The van der Waals surface area contributed by atoms with Crippen molar-refractivity contribution in [2.24, 2.45) is 0 Å². The number of rotatable bonds is 2. The molecule has 108 valence electrons. The third-order valence-corrected chi connectivity index (χ3v) is 3.65. The lowest BCUT2D eigenvalue weighted by atomic mass is 10.1. The number of piperazine rings is 1. The lowest BCUT2D eigenvalue weighted by Crippen LogP contribution is -2.53. The number of nitrogen functional groups attached to an aromatic ring is 1. The van der Waals surface area contributed by atoms with E-state index < -0.39 is 5.97 Å². The number of anilines is 2. The third-order valence-electron chi connectivity index (χ3n) is 3.65. The van der Waals surface area contributed by atoms with Gasteiger partial charge in [0.05, 0.1) is 16.9 Å². The number of carboxylic acids is 1. The molecule has 1 aromatic rings. The summed E-state index contributed by atoms with van der Waals surface area (Å²) in [5, 5.41) is 8.94. The number of hydrogen-bond acceptors (Lipinski definition) is 4. The van der Waals surface area contributed by atoms with Gasteiger partial charge in [0.25, 0.3) is 0 Å². The highest BCUT2D eigenvalue weighted by Crippen LogP contribution is 2.26. The van der Waals surface area contributed by atoms with E-state index in [1.54, 1.807) is 19.1 Å². The molecule has 2 rings (SSSR count). The first-order chi connectivity index (χ1) is 9.40. The number of amides is 1. The van der Waals surface area contributed by atoms with Crippen LogP contribution in [0.5, 0.6) is 0 Å². The number of nitrogens with two attached hydrogens (primary N) is 1. The van der Waals surface area contributed by atoms with Crippen LogP contribution in [-0.4, -0.2) is 47.6 Å². The molecule has 1 saturated heterocycles. The molecular weight excluding hydrogens is 258 g/mol. The lowest BCUT2D eigenvalue weighted by Gasteiger charge is -2.41. The second kappa shape index (κ2) is 5.40. The summed E-state index contributed by atoms with van der Waals surface area (Å²) in [6, 6.07) is 4.87. The van der Waals surface area contributed by atoms with E-state index in [2.05, 4.69) is 4.90 Å². The number of carbonyl (C=O) groups is 2. The standard InChI is InChI=1S/C14H19N3O3/c1-9-8-16(5-6-17(9)10(2)18)13-4-3-11(14(19)20)7-12(13)15/h3-4,7,9H,5-6,8,15H2,1-2H3,(H,19,20). The summed E-state index contributed by atoms with van der Waals surface area (Å²) in [7, 11) is 0. The van der Waals surface area contributed by atoms with Crippen molar-refractivity contribution >= 4 is 23.3 Å². The van der Waals surface area contributed by atoms with E-state index in [-0.39, 0.29) is 17.5 Å². The number of aromatic carboxylic acids is 1. The molecule has 6 nitrogen and oxygen atoms in total. The molecule has 1 unspecified atom stereocenters. The molecule has 1 aliphatic rings. The summed E-state index contributed by atoms with van der Waals surface area (Å²) in [5.74, 6) is -0.913. The predicted molar refractivity (Wildman–Crippen MR) is 76.9 cm³/mol. The molecule has 0 aliphatic carbocycles. The van der Waals surface area contributed by atoms with Crippen LogP contribution < -0.4 is 10.6 Å². The van der Waals surface area contributed by atoms with Crippen LogP contribution >= 0.6 is 0 Å². The number of carboxylic acid groups (broad SMARTS) is 1. The van der Waals surface area contributed by atoms with E-state index in [1.807, 2.05) is 11.8 Å². The van der Waals surface area contributed by atoms with E-state index in [0.29, 0.717) is 25.3 Å². The molecule has 0 spiro atoms. The van der Waals surface area contributed by atoms with E-state index >= 15 is 0 Å². The molecule has 0 radical (unpaired) electrons. The van der Waals surface area contributed by atoms with E-state index in [4.69, 9.17) is 10.8 Å². The molecule has 1 aliphatic heterocycles. The minimum absolute atomic E-state index is 0.0753. The third kappa shape index (κ3) is 2.68. The Morgan fingerprint density at radius 1 is 1.35 bits per heavy atom. The highest BCUT2D eigenvalue weighted by molar-refractivity contribution is 5.90. The average molecular weight is 277 g/mol. The Morgan fingerprint density at radius 2 is 2.05 bits per heavy atom. The summed E-state index contributed by atoms with van der Waals surface area (Å²) in [5.41, 5.74) is 7.40. The Morgan fingerprint density at radius 3 is 2.55 bits per heavy atom. The van der Waals surface area contributed by atoms with Crippen LogP contribution in [0.1, 0.15) is 24.2 Å². The van der Waals surface area contributed by atoms with Gasteiger partial charge in [-0.25, -0.2) is 4.79 Å². The minimum atomic E-state index is -0.988. The predicted octanol–water partition coefficient (Wildman–Crippen LogP) is 1.02. The van der Waals surface area contributed by atoms with Crippen molar-refractivity contribution in [1.29, 1.82) is 0 Å². The fraction of sp³-hybridized carbons (Fsp3) is 0.429. The van der Waals surface area contributed by atoms with Crippen molar-refractivity contribution < 1.29 is 14.7 Å². The largest absolute Gasteiger partial charge is 0.478 e. The highest BCUT2D eigenvalue weighted by Gasteiger charge is 2.26. The van der Waals surface area contributed by atoms with Crippen LogP contribution in [-0.2, 0) is 4.79 Å². The first-order valence-electron chi connectivity index (χ1n) is 6.55. The Kier molecular flexibility index (Phi) is 3.83. The second-order valence-electron chi connectivity index (χ2n) is 5.09. The molecule has 1 amide bonds. The van der Waals surface area contributed by atoms with Crippen LogP contribution in [0, 0.1) is 0 Å². The van der Waals surface area contributed by atoms with Gasteiger partial charge in [-0.1, -0.05) is 0 Å². The Hall–Kier alpha value is -2.24. The van der Waals surface area contributed by atoms with Crippen molar-refractivity contribution in [1.82, 2.24) is 4.90 Å². The normalized spacial score (nSPS) is 19.0. The molecule has 1 atom stereocenters. The van der Waals surface area contributed by atoms with Gasteiger partial charge in [0, 0.05) is 32.6 Å². The van der Waals surface area contributed by atoms with Crippen molar-refractivity contribution in [3.05, 3.63) is 23.8 Å². The van der Waals surface area contributed by atoms with E-state index in [0.717, 1.165) is 5.69 Å². The van der Waals surface area contributed by atoms with Gasteiger partial charge >= 0.3 is 5.97 Å². The van der Waals surface area contributed by atoms with Crippen molar-refractivity contribution in [3.8, 4) is 0 Å². The van der Waals surface area contributed by atoms with Gasteiger partial charge in [-0.15, -0.1) is 0 Å². The molecule has 1 aromatic carbocycles. The SMILES string of the molecule is CC(=O)N1CCN(c2ccc(C(=O)O)cc2N)CC1C. The molecule has 0 saturated carbocycles. The zero-order chi connectivity index (χ0) is 14.9. The van der Waals surface area contributed by atoms with Gasteiger partial charge in [0.2, 0.25) is 5.91 Å². The summed E-state index contributed by atoms with van der Waals surface area (Å²) >= 11 is 0. The molecule has 6 heteroatoms. The van der Waals surface area contributed by atoms with Crippen molar-refractivity contribution in [2.45, 2.75) is 19.9 Å². The smallest absolute Gasteiger partial charge is 0.335 e. The maximum absolute atomic E-state index is 11.5. The quantitative estimate of drug-likeness (QED) is 0.788. The lowest BCUT2D eigenvalue weighted by molar-refractivity contribution is -0.131. The second-order valence-corrected chi connectivity index (χ2v) is 5.09. The van der Waals surface area contributed by atoms with Crippen LogP contribution in [0.3, 0.4) is 0 Å². The fourth-order valence-corrected chi connectivity index (χ4v) is 2.62. The number of hydrogen-bond donors (Lipinski definition) is 2. The highest BCUT2D eigenvalue weighted by atomic mass is 16.4. The van der Waals surface area contributed by atoms with Crippen LogP contribution in [0.15, 0.2) is 18.2 Å². The minimum Gasteiger partial charge on any atom is -0.478 e. The van der Waals surface area contributed by atoms with E-state index in [1.165, 1.54) is 6.07 Å². The Bertz CT molecular complexity index is 544. The average Bonchev–Trinajstić information content (AvgIpc) is 2.37. The molecule has 3 N–H and O–H groups in total. The maximum Gasteiger partial charge on any atom is 0.335 e. The Labute approximate surface area is 117 Å². The molecule has 0 bridgehead atoms. The summed E-state index contributed by atoms with van der Waals surface area (Å²) in [6.45, 7) is 5.60. The van der Waals surface area contributed by atoms with Gasteiger partial charge in [-0.2, -0.15) is 0 Å². The van der Waals surface area contributed by atoms with Gasteiger partial charge in [-0.3, -0.25) is 4.79 Å². The first-order valence-corrected chi connectivity index (χ1v) is 6.55. The molecule has 1 heterocycles. The van der Waals surface area contributed by atoms with E-state index in [9.17, 15) is 9.59 Å². The summed E-state index contributed by atoms with van der Waals surface area (Å²) < 4.78 is 0. The summed E-state index contributed by atoms with van der Waals surface area (Å²) in [4.78, 5) is 26.3. The zero-order valence-electron chi connectivity index (χ0n) is 11.7. The molecular formula is C14H19N3O3. The first kappa shape index (κ1) is 14.2. The number of carbonyl (C=O) groups excluding carboxylic acids is 1.